The number of rotatable bonds is 5. The summed E-state index contributed by atoms with van der Waals surface area (Å²) in [5.41, 5.74) is 1.25. The van der Waals surface area contributed by atoms with Crippen LogP contribution in [0.25, 0.3) is 0 Å². The smallest absolute Gasteiger partial charge is 0.251 e. The van der Waals surface area contributed by atoms with Crippen molar-refractivity contribution in [3.05, 3.63) is 29.8 Å². The number of piperidine rings is 1. The van der Waals surface area contributed by atoms with Crippen LogP contribution in [0.1, 0.15) is 37.0 Å². The number of likely N-dealkylation sites (tertiary alicyclic amines) is 1. The SMILES string of the molecule is CC(C)CNC(=O)c1cccc(NC(=O)C2CCCN(C)C2)c1. The Morgan fingerprint density at radius 3 is 2.83 bits per heavy atom. The topological polar surface area (TPSA) is 61.4 Å². The molecule has 0 radical (unpaired) electrons. The van der Waals surface area contributed by atoms with Crippen molar-refractivity contribution in [2.75, 3.05) is 32.0 Å². The van der Waals surface area contributed by atoms with E-state index in [0.29, 0.717) is 23.7 Å². The Morgan fingerprint density at radius 2 is 2.13 bits per heavy atom. The highest BCUT2D eigenvalue weighted by molar-refractivity contribution is 5.97. The Bertz CT molecular complexity index is 557. The number of anilines is 1. The molecule has 0 aliphatic carbocycles. The molecule has 1 fully saturated rings. The standard InChI is InChI=1S/C18H27N3O2/c1-13(2)11-19-17(22)14-6-4-8-16(10-14)20-18(23)15-7-5-9-21(3)12-15/h4,6,8,10,13,15H,5,7,9,11-12H2,1-3H3,(H,19,22)(H,20,23). The zero-order valence-electron chi connectivity index (χ0n) is 14.3. The third-order valence-corrected chi connectivity index (χ3v) is 4.06. The lowest BCUT2D eigenvalue weighted by molar-refractivity contribution is -0.121. The van der Waals surface area contributed by atoms with Crippen molar-refractivity contribution in [1.82, 2.24) is 10.2 Å². The lowest BCUT2D eigenvalue weighted by atomic mass is 9.97. The number of hydrogen-bond donors (Lipinski definition) is 2. The van der Waals surface area contributed by atoms with Gasteiger partial charge in [-0.25, -0.2) is 0 Å². The largest absolute Gasteiger partial charge is 0.352 e. The van der Waals surface area contributed by atoms with Gasteiger partial charge in [0.15, 0.2) is 0 Å². The summed E-state index contributed by atoms with van der Waals surface area (Å²) in [4.78, 5) is 26.7. The number of amides is 2. The van der Waals surface area contributed by atoms with Crippen LogP contribution >= 0.6 is 0 Å². The molecule has 1 saturated heterocycles. The number of nitrogens with one attached hydrogen (secondary N) is 2. The summed E-state index contributed by atoms with van der Waals surface area (Å²) in [6, 6.07) is 7.12. The summed E-state index contributed by atoms with van der Waals surface area (Å²) in [5.74, 6) is 0.362. The molecule has 1 heterocycles. The fourth-order valence-corrected chi connectivity index (χ4v) is 2.76. The predicted molar refractivity (Wildman–Crippen MR) is 92.5 cm³/mol. The minimum absolute atomic E-state index is 0.0205. The van der Waals surface area contributed by atoms with E-state index < -0.39 is 0 Å². The highest BCUT2D eigenvalue weighted by Gasteiger charge is 2.24. The van der Waals surface area contributed by atoms with E-state index in [9.17, 15) is 9.59 Å². The van der Waals surface area contributed by atoms with E-state index in [-0.39, 0.29) is 17.7 Å². The lowest BCUT2D eigenvalue weighted by Crippen LogP contribution is -2.38. The first kappa shape index (κ1) is 17.5. The van der Waals surface area contributed by atoms with Crippen molar-refractivity contribution in [2.45, 2.75) is 26.7 Å². The average Bonchev–Trinajstić information content (AvgIpc) is 2.52. The van der Waals surface area contributed by atoms with E-state index in [1.165, 1.54) is 0 Å². The molecule has 1 atom stereocenters. The first-order chi connectivity index (χ1) is 11.0. The summed E-state index contributed by atoms with van der Waals surface area (Å²) in [6.45, 7) is 6.59. The van der Waals surface area contributed by atoms with Crippen LogP contribution < -0.4 is 10.6 Å². The minimum Gasteiger partial charge on any atom is -0.352 e. The van der Waals surface area contributed by atoms with Gasteiger partial charge < -0.3 is 15.5 Å². The van der Waals surface area contributed by atoms with Gasteiger partial charge in [-0.3, -0.25) is 9.59 Å². The normalized spacial score (nSPS) is 18.7. The third kappa shape index (κ3) is 5.36. The van der Waals surface area contributed by atoms with Crippen LogP contribution in [-0.2, 0) is 4.79 Å². The van der Waals surface area contributed by atoms with E-state index in [4.69, 9.17) is 0 Å². The van der Waals surface area contributed by atoms with Crippen molar-refractivity contribution in [3.8, 4) is 0 Å². The molecule has 1 aromatic carbocycles. The van der Waals surface area contributed by atoms with Gasteiger partial charge in [0, 0.05) is 24.3 Å². The van der Waals surface area contributed by atoms with Gasteiger partial charge in [-0.1, -0.05) is 19.9 Å². The molecule has 0 spiro atoms. The van der Waals surface area contributed by atoms with Gasteiger partial charge in [0.1, 0.15) is 0 Å². The molecule has 0 saturated carbocycles. The molecule has 5 nitrogen and oxygen atoms in total. The first-order valence-corrected chi connectivity index (χ1v) is 8.33. The number of hydrogen-bond acceptors (Lipinski definition) is 3. The molecule has 1 unspecified atom stereocenters. The molecule has 1 aliphatic rings. The van der Waals surface area contributed by atoms with Crippen LogP contribution in [0.5, 0.6) is 0 Å². The fraction of sp³-hybridized carbons (Fsp3) is 0.556. The van der Waals surface area contributed by atoms with Gasteiger partial charge in [0.2, 0.25) is 5.91 Å². The molecule has 0 bridgehead atoms. The number of benzene rings is 1. The van der Waals surface area contributed by atoms with Crippen LogP contribution in [0.2, 0.25) is 0 Å². The van der Waals surface area contributed by atoms with Crippen LogP contribution in [-0.4, -0.2) is 43.4 Å². The Morgan fingerprint density at radius 1 is 1.35 bits per heavy atom. The summed E-state index contributed by atoms with van der Waals surface area (Å²) >= 11 is 0. The molecular weight excluding hydrogens is 290 g/mol. The van der Waals surface area contributed by atoms with Gasteiger partial charge in [-0.2, -0.15) is 0 Å². The molecule has 1 aliphatic heterocycles. The summed E-state index contributed by atoms with van der Waals surface area (Å²) in [6.07, 6.45) is 1.97. The maximum atomic E-state index is 12.4. The molecule has 1 aromatic rings. The van der Waals surface area contributed by atoms with Crippen molar-refractivity contribution in [1.29, 1.82) is 0 Å². The molecule has 23 heavy (non-hydrogen) atoms. The Labute approximate surface area is 138 Å². The van der Waals surface area contributed by atoms with E-state index in [0.717, 1.165) is 25.9 Å². The zero-order valence-corrected chi connectivity index (χ0v) is 14.3. The van der Waals surface area contributed by atoms with E-state index in [1.807, 2.05) is 13.1 Å². The van der Waals surface area contributed by atoms with Crippen LogP contribution in [0, 0.1) is 11.8 Å². The fourth-order valence-electron chi connectivity index (χ4n) is 2.76. The van der Waals surface area contributed by atoms with Crippen molar-refractivity contribution < 1.29 is 9.59 Å². The summed E-state index contributed by atoms with van der Waals surface area (Å²) in [5, 5.41) is 5.84. The Hall–Kier alpha value is -1.88. The summed E-state index contributed by atoms with van der Waals surface area (Å²) < 4.78 is 0. The second-order valence-electron chi connectivity index (χ2n) is 6.78. The highest BCUT2D eigenvalue weighted by atomic mass is 16.2. The van der Waals surface area contributed by atoms with E-state index in [2.05, 4.69) is 29.4 Å². The van der Waals surface area contributed by atoms with Gasteiger partial charge in [-0.05, 0) is 50.6 Å². The minimum atomic E-state index is -0.104. The molecular formula is C18H27N3O2. The molecule has 5 heteroatoms. The van der Waals surface area contributed by atoms with E-state index >= 15 is 0 Å². The Kier molecular flexibility index (Phi) is 6.16. The third-order valence-electron chi connectivity index (χ3n) is 4.06. The monoisotopic (exact) mass is 317 g/mol. The molecule has 126 valence electrons. The predicted octanol–water partition coefficient (Wildman–Crippen LogP) is 2.35. The van der Waals surface area contributed by atoms with Crippen LogP contribution in [0.4, 0.5) is 5.69 Å². The molecule has 2 rings (SSSR count). The van der Waals surface area contributed by atoms with Gasteiger partial charge in [-0.15, -0.1) is 0 Å². The molecule has 0 aromatic heterocycles. The second kappa shape index (κ2) is 8.11. The lowest BCUT2D eigenvalue weighted by Gasteiger charge is -2.28. The van der Waals surface area contributed by atoms with Crippen molar-refractivity contribution in [3.63, 3.8) is 0 Å². The van der Waals surface area contributed by atoms with Crippen molar-refractivity contribution in [2.24, 2.45) is 11.8 Å². The number of carbonyl (C=O) groups excluding carboxylic acids is 2. The summed E-state index contributed by atoms with van der Waals surface area (Å²) in [7, 11) is 2.04. The Balaban J connectivity index is 1.96. The average molecular weight is 317 g/mol. The number of nitrogens with zero attached hydrogens (tertiary/aromatic N) is 1. The quantitative estimate of drug-likeness (QED) is 0.876. The van der Waals surface area contributed by atoms with Gasteiger partial charge in [0.05, 0.1) is 5.92 Å². The molecule has 2 amide bonds. The van der Waals surface area contributed by atoms with Crippen LogP contribution in [0.3, 0.4) is 0 Å². The van der Waals surface area contributed by atoms with Crippen molar-refractivity contribution >= 4 is 17.5 Å². The zero-order chi connectivity index (χ0) is 16.8. The van der Waals surface area contributed by atoms with E-state index in [1.54, 1.807) is 18.2 Å². The first-order valence-electron chi connectivity index (χ1n) is 8.33. The maximum absolute atomic E-state index is 12.4. The molecule has 2 N–H and O–H groups in total. The second-order valence-corrected chi connectivity index (χ2v) is 6.78. The highest BCUT2D eigenvalue weighted by Crippen LogP contribution is 2.18. The van der Waals surface area contributed by atoms with Crippen LogP contribution in [0.15, 0.2) is 24.3 Å². The maximum Gasteiger partial charge on any atom is 0.251 e. The van der Waals surface area contributed by atoms with Gasteiger partial charge in [0.25, 0.3) is 5.91 Å². The van der Waals surface area contributed by atoms with Gasteiger partial charge >= 0.3 is 0 Å². The number of carbonyl (C=O) groups is 2.